The Morgan fingerprint density at radius 1 is 1.54 bits per heavy atom. The van der Waals surface area contributed by atoms with E-state index in [0.29, 0.717) is 12.1 Å². The first-order valence-electron chi connectivity index (χ1n) is 4.82. The molecule has 1 atom stereocenters. The van der Waals surface area contributed by atoms with Crippen LogP contribution in [0.5, 0.6) is 0 Å². The summed E-state index contributed by atoms with van der Waals surface area (Å²) in [5, 5.41) is 3.58. The van der Waals surface area contributed by atoms with Crippen LogP contribution >= 0.6 is 11.8 Å². The van der Waals surface area contributed by atoms with Crippen molar-refractivity contribution in [3.63, 3.8) is 0 Å². The molecule has 0 saturated carbocycles. The van der Waals surface area contributed by atoms with Crippen LogP contribution in [0.3, 0.4) is 0 Å². The fraction of sp³-hybridized carbons (Fsp3) is 1.00. The Kier molecular flexibility index (Phi) is 5.36. The highest BCUT2D eigenvalue weighted by molar-refractivity contribution is 7.98. The van der Waals surface area contributed by atoms with Gasteiger partial charge in [-0.1, -0.05) is 0 Å². The second-order valence-electron chi connectivity index (χ2n) is 3.65. The molecule has 1 heterocycles. The molecule has 1 rings (SSSR count). The Balaban J connectivity index is 2.18. The van der Waals surface area contributed by atoms with Crippen LogP contribution in [0.4, 0.5) is 0 Å². The average Bonchev–Trinajstić information content (AvgIpc) is 2.09. The minimum atomic E-state index is -0.525. The van der Waals surface area contributed by atoms with E-state index in [1.165, 1.54) is 5.75 Å². The van der Waals surface area contributed by atoms with Crippen molar-refractivity contribution in [2.45, 2.75) is 31.8 Å². The molecule has 1 saturated heterocycles. The van der Waals surface area contributed by atoms with E-state index in [2.05, 4.69) is 18.5 Å². The number of nitrogens with one attached hydrogen (secondary N) is 1. The van der Waals surface area contributed by atoms with Gasteiger partial charge in [-0.2, -0.15) is 11.8 Å². The van der Waals surface area contributed by atoms with Gasteiger partial charge in [0.1, 0.15) is 0 Å². The van der Waals surface area contributed by atoms with E-state index in [0.717, 1.165) is 24.3 Å². The molecule has 1 aliphatic rings. The van der Waals surface area contributed by atoms with Gasteiger partial charge in [-0.15, -0.1) is 0 Å². The largest absolute Gasteiger partial charge is 0.311 e. The molecule has 1 aliphatic heterocycles. The highest BCUT2D eigenvalue weighted by Gasteiger charge is 2.18. The van der Waals surface area contributed by atoms with Gasteiger partial charge in [-0.05, 0) is 26.0 Å². The van der Waals surface area contributed by atoms with Crippen LogP contribution in [0.2, 0.25) is 0 Å². The molecular weight excluding hydrogens is 202 g/mol. The summed E-state index contributed by atoms with van der Waals surface area (Å²) >= 11 is 1.88. The van der Waals surface area contributed by atoms with E-state index in [9.17, 15) is 4.21 Å². The maximum atomic E-state index is 11.1. The molecule has 1 unspecified atom stereocenters. The lowest BCUT2D eigenvalue weighted by atomic mass is 10.1. The van der Waals surface area contributed by atoms with Crippen molar-refractivity contribution >= 4 is 22.6 Å². The van der Waals surface area contributed by atoms with Gasteiger partial charge in [0.05, 0.1) is 0 Å². The van der Waals surface area contributed by atoms with Crippen LogP contribution in [-0.2, 0) is 10.8 Å². The maximum absolute atomic E-state index is 11.1. The number of thioether (sulfide) groups is 1. The predicted octanol–water partition coefficient (Wildman–Crippen LogP) is 1.24. The van der Waals surface area contributed by atoms with Gasteiger partial charge in [0.2, 0.25) is 0 Å². The topological polar surface area (TPSA) is 29.1 Å². The van der Waals surface area contributed by atoms with Crippen molar-refractivity contribution in [1.82, 2.24) is 5.32 Å². The molecule has 2 nitrogen and oxygen atoms in total. The van der Waals surface area contributed by atoms with Crippen molar-refractivity contribution in [3.05, 3.63) is 0 Å². The highest BCUT2D eigenvalue weighted by Crippen LogP contribution is 2.10. The smallest absolute Gasteiger partial charge is 0.0249 e. The number of hydrogen-bond donors (Lipinski definition) is 1. The standard InChI is InChI=1S/C9H19NOS2/c1-8(7-12-2)10-9-3-5-13(11)6-4-9/h8-10H,3-7H2,1-2H3. The summed E-state index contributed by atoms with van der Waals surface area (Å²) in [6, 6.07) is 1.20. The Bertz CT molecular complexity index is 165. The van der Waals surface area contributed by atoms with Crippen LogP contribution in [-0.4, -0.2) is 39.8 Å². The van der Waals surface area contributed by atoms with Crippen LogP contribution in [0.25, 0.3) is 0 Å². The van der Waals surface area contributed by atoms with Gasteiger partial charge in [-0.25, -0.2) is 0 Å². The minimum Gasteiger partial charge on any atom is -0.311 e. The zero-order chi connectivity index (χ0) is 9.68. The first-order valence-corrected chi connectivity index (χ1v) is 7.70. The molecule has 13 heavy (non-hydrogen) atoms. The Morgan fingerprint density at radius 3 is 2.69 bits per heavy atom. The second-order valence-corrected chi connectivity index (χ2v) is 6.25. The molecule has 1 fully saturated rings. The quantitative estimate of drug-likeness (QED) is 0.774. The SMILES string of the molecule is CSCC(C)NC1CCS(=O)CC1. The monoisotopic (exact) mass is 221 g/mol. The zero-order valence-corrected chi connectivity index (χ0v) is 10.0. The Hall–Kier alpha value is 0.460. The van der Waals surface area contributed by atoms with Gasteiger partial charge < -0.3 is 5.32 Å². The van der Waals surface area contributed by atoms with Gasteiger partial charge >= 0.3 is 0 Å². The first kappa shape index (κ1) is 11.5. The summed E-state index contributed by atoms with van der Waals surface area (Å²) < 4.78 is 11.1. The van der Waals surface area contributed by atoms with E-state index < -0.39 is 10.8 Å². The van der Waals surface area contributed by atoms with Crippen LogP contribution in [0, 0.1) is 0 Å². The van der Waals surface area contributed by atoms with Crippen molar-refractivity contribution < 1.29 is 4.21 Å². The van der Waals surface area contributed by atoms with E-state index >= 15 is 0 Å². The fourth-order valence-electron chi connectivity index (χ4n) is 1.66. The highest BCUT2D eigenvalue weighted by atomic mass is 32.2. The first-order chi connectivity index (χ1) is 6.22. The summed E-state index contributed by atoms with van der Waals surface area (Å²) in [4.78, 5) is 0. The van der Waals surface area contributed by atoms with Crippen LogP contribution in [0.15, 0.2) is 0 Å². The number of rotatable bonds is 4. The molecule has 0 aliphatic carbocycles. The normalized spacial score (nSPS) is 31.5. The van der Waals surface area contributed by atoms with E-state index in [4.69, 9.17) is 0 Å². The number of hydrogen-bond acceptors (Lipinski definition) is 3. The summed E-state index contributed by atoms with van der Waals surface area (Å²) in [5.74, 6) is 2.95. The Labute approximate surface area is 87.7 Å². The molecule has 0 radical (unpaired) electrons. The molecule has 4 heteroatoms. The van der Waals surface area contributed by atoms with Gasteiger partial charge in [-0.3, -0.25) is 4.21 Å². The minimum absolute atomic E-state index is 0.525. The molecule has 0 aromatic heterocycles. The predicted molar refractivity (Wildman–Crippen MR) is 61.9 cm³/mol. The molecule has 0 spiro atoms. The summed E-state index contributed by atoms with van der Waals surface area (Å²) in [6.45, 7) is 2.22. The van der Waals surface area contributed by atoms with Gasteiger partial charge in [0, 0.05) is 40.1 Å². The maximum Gasteiger partial charge on any atom is 0.0249 e. The van der Waals surface area contributed by atoms with Crippen LogP contribution < -0.4 is 5.32 Å². The van der Waals surface area contributed by atoms with Crippen molar-refractivity contribution in [2.75, 3.05) is 23.5 Å². The average molecular weight is 221 g/mol. The third-order valence-electron chi connectivity index (χ3n) is 2.32. The lowest BCUT2D eigenvalue weighted by Gasteiger charge is -2.25. The Morgan fingerprint density at radius 2 is 2.15 bits per heavy atom. The lowest BCUT2D eigenvalue weighted by molar-refractivity contribution is 0.438. The van der Waals surface area contributed by atoms with Crippen molar-refractivity contribution in [2.24, 2.45) is 0 Å². The van der Waals surface area contributed by atoms with Gasteiger partial charge in [0.15, 0.2) is 0 Å². The second kappa shape index (κ2) is 6.04. The van der Waals surface area contributed by atoms with Crippen molar-refractivity contribution in [1.29, 1.82) is 0 Å². The third-order valence-corrected chi connectivity index (χ3v) is 4.54. The van der Waals surface area contributed by atoms with E-state index in [1.807, 2.05) is 11.8 Å². The lowest BCUT2D eigenvalue weighted by Crippen LogP contribution is -2.41. The molecule has 0 bridgehead atoms. The molecular formula is C9H19NOS2. The summed E-state index contributed by atoms with van der Waals surface area (Å²) in [7, 11) is -0.525. The molecule has 78 valence electrons. The van der Waals surface area contributed by atoms with E-state index in [-0.39, 0.29) is 0 Å². The van der Waals surface area contributed by atoms with Gasteiger partial charge in [0.25, 0.3) is 0 Å². The molecule has 0 aromatic carbocycles. The summed E-state index contributed by atoms with van der Waals surface area (Å²) in [6.07, 6.45) is 4.31. The van der Waals surface area contributed by atoms with Crippen LogP contribution in [0.1, 0.15) is 19.8 Å². The molecule has 0 amide bonds. The third kappa shape index (κ3) is 4.47. The van der Waals surface area contributed by atoms with E-state index in [1.54, 1.807) is 0 Å². The van der Waals surface area contributed by atoms with Crippen molar-refractivity contribution in [3.8, 4) is 0 Å². The fourth-order valence-corrected chi connectivity index (χ4v) is 3.56. The molecule has 1 N–H and O–H groups in total. The summed E-state index contributed by atoms with van der Waals surface area (Å²) in [5.41, 5.74) is 0. The zero-order valence-electron chi connectivity index (χ0n) is 8.41. The molecule has 0 aromatic rings.